The predicted molar refractivity (Wildman–Crippen MR) is 97.2 cm³/mol. The maximum absolute atomic E-state index is 12.5. The summed E-state index contributed by atoms with van der Waals surface area (Å²) in [5.74, 6) is -1.62. The number of nitrogens with zero attached hydrogens (tertiary/aromatic N) is 2. The average Bonchev–Trinajstić information content (AvgIpc) is 3.06. The van der Waals surface area contributed by atoms with Crippen molar-refractivity contribution < 1.29 is 19.5 Å². The van der Waals surface area contributed by atoms with Crippen molar-refractivity contribution in [2.24, 2.45) is 7.05 Å². The first-order chi connectivity index (χ1) is 12.2. The summed E-state index contributed by atoms with van der Waals surface area (Å²) in [6.45, 7) is 3.48. The lowest BCUT2D eigenvalue weighted by molar-refractivity contribution is -0.140. The van der Waals surface area contributed by atoms with Gasteiger partial charge < -0.3 is 15.7 Å². The molecule has 0 aromatic carbocycles. The Kier molecular flexibility index (Phi) is 4.74. The zero-order valence-electron chi connectivity index (χ0n) is 15.0. The Hall–Kier alpha value is -2.42. The van der Waals surface area contributed by atoms with Crippen molar-refractivity contribution in [3.05, 3.63) is 16.6 Å². The standard InChI is InChI=1S/C17H22N4O4S/c1-9-11-7-12(26-16(11)21(3)20-9)15(25)18-10(2)14(24)19-17(5-4-6-17)8-13(22)23/h7,10H,4-6,8H2,1-3H3,(H,18,25)(H,19,24)(H,22,23). The fourth-order valence-electron chi connectivity index (χ4n) is 3.26. The van der Waals surface area contributed by atoms with Gasteiger partial charge in [-0.05, 0) is 39.2 Å². The number of hydrogen-bond donors (Lipinski definition) is 3. The number of thiophene rings is 1. The molecule has 1 saturated carbocycles. The topological polar surface area (TPSA) is 113 Å². The molecule has 1 fully saturated rings. The van der Waals surface area contributed by atoms with Crippen LogP contribution in [0, 0.1) is 6.92 Å². The van der Waals surface area contributed by atoms with E-state index in [1.165, 1.54) is 11.3 Å². The first kappa shape index (κ1) is 18.4. The molecule has 0 saturated heterocycles. The number of nitrogens with one attached hydrogen (secondary N) is 2. The fraction of sp³-hybridized carbons (Fsp3) is 0.529. The second-order valence-corrected chi connectivity index (χ2v) is 7.96. The van der Waals surface area contributed by atoms with E-state index in [1.807, 2.05) is 14.0 Å². The van der Waals surface area contributed by atoms with Crippen LogP contribution < -0.4 is 10.6 Å². The first-order valence-corrected chi connectivity index (χ1v) is 9.30. The van der Waals surface area contributed by atoms with Gasteiger partial charge in [0.1, 0.15) is 10.9 Å². The second-order valence-electron chi connectivity index (χ2n) is 6.93. The van der Waals surface area contributed by atoms with Gasteiger partial charge in [-0.3, -0.25) is 19.1 Å². The van der Waals surface area contributed by atoms with Crippen molar-refractivity contribution in [3.63, 3.8) is 0 Å². The summed E-state index contributed by atoms with van der Waals surface area (Å²) in [6.07, 6.45) is 2.09. The monoisotopic (exact) mass is 378 g/mol. The maximum atomic E-state index is 12.5. The molecule has 26 heavy (non-hydrogen) atoms. The van der Waals surface area contributed by atoms with Crippen LogP contribution in [0.5, 0.6) is 0 Å². The Morgan fingerprint density at radius 2 is 2.12 bits per heavy atom. The Balaban J connectivity index is 1.65. The Morgan fingerprint density at radius 1 is 1.42 bits per heavy atom. The number of aromatic nitrogens is 2. The Morgan fingerprint density at radius 3 is 2.65 bits per heavy atom. The van der Waals surface area contributed by atoms with Crippen molar-refractivity contribution in [2.75, 3.05) is 0 Å². The van der Waals surface area contributed by atoms with E-state index < -0.39 is 17.6 Å². The Bertz CT molecular complexity index is 846. The van der Waals surface area contributed by atoms with E-state index in [0.717, 1.165) is 22.3 Å². The molecule has 1 aliphatic carbocycles. The molecule has 0 bridgehead atoms. The second kappa shape index (κ2) is 6.71. The molecule has 2 aromatic rings. The van der Waals surface area contributed by atoms with Gasteiger partial charge in [0.2, 0.25) is 5.91 Å². The average molecular weight is 378 g/mol. The van der Waals surface area contributed by atoms with E-state index in [9.17, 15) is 14.4 Å². The summed E-state index contributed by atoms with van der Waals surface area (Å²) in [6, 6.07) is 1.03. The van der Waals surface area contributed by atoms with Crippen LogP contribution in [0.3, 0.4) is 0 Å². The minimum Gasteiger partial charge on any atom is -0.481 e. The summed E-state index contributed by atoms with van der Waals surface area (Å²) >= 11 is 1.32. The SMILES string of the molecule is Cc1nn(C)c2sc(C(=O)NC(C)C(=O)NC3(CC(=O)O)CCC3)cc12. The van der Waals surface area contributed by atoms with Crippen LogP contribution in [0.4, 0.5) is 0 Å². The zero-order valence-corrected chi connectivity index (χ0v) is 15.8. The zero-order chi connectivity index (χ0) is 19.1. The number of rotatable bonds is 6. The molecule has 2 aromatic heterocycles. The van der Waals surface area contributed by atoms with E-state index in [-0.39, 0.29) is 18.2 Å². The molecule has 2 heterocycles. The van der Waals surface area contributed by atoms with Gasteiger partial charge in [-0.2, -0.15) is 5.10 Å². The van der Waals surface area contributed by atoms with Crippen LogP contribution >= 0.6 is 11.3 Å². The summed E-state index contributed by atoms with van der Waals surface area (Å²) in [7, 11) is 1.82. The maximum Gasteiger partial charge on any atom is 0.305 e. The summed E-state index contributed by atoms with van der Waals surface area (Å²) in [5.41, 5.74) is 0.173. The summed E-state index contributed by atoms with van der Waals surface area (Å²) in [4.78, 5) is 37.3. The number of hydrogen-bond acceptors (Lipinski definition) is 5. The number of carboxylic acids is 1. The third-order valence-electron chi connectivity index (χ3n) is 4.85. The fourth-order valence-corrected chi connectivity index (χ4v) is 4.29. The molecule has 140 valence electrons. The molecule has 8 nitrogen and oxygen atoms in total. The number of carboxylic acid groups (broad SMARTS) is 1. The Labute approximate surface area is 154 Å². The molecule has 0 radical (unpaired) electrons. The molecule has 3 rings (SSSR count). The van der Waals surface area contributed by atoms with Crippen LogP contribution in [-0.2, 0) is 16.6 Å². The molecule has 3 N–H and O–H groups in total. The minimum absolute atomic E-state index is 0.0952. The molecular formula is C17H22N4O4S. The molecule has 0 aliphatic heterocycles. The predicted octanol–water partition coefficient (Wildman–Crippen LogP) is 1.58. The van der Waals surface area contributed by atoms with E-state index in [1.54, 1.807) is 17.7 Å². The molecule has 9 heteroatoms. The molecule has 0 spiro atoms. The van der Waals surface area contributed by atoms with E-state index in [0.29, 0.717) is 17.7 Å². The van der Waals surface area contributed by atoms with E-state index >= 15 is 0 Å². The van der Waals surface area contributed by atoms with E-state index in [4.69, 9.17) is 5.11 Å². The van der Waals surface area contributed by atoms with Crippen molar-refractivity contribution in [1.29, 1.82) is 0 Å². The smallest absolute Gasteiger partial charge is 0.305 e. The van der Waals surface area contributed by atoms with Gasteiger partial charge in [0.25, 0.3) is 5.91 Å². The van der Waals surface area contributed by atoms with Crippen molar-refractivity contribution in [1.82, 2.24) is 20.4 Å². The number of aliphatic carboxylic acids is 1. The highest BCUT2D eigenvalue weighted by atomic mass is 32.1. The molecule has 2 amide bonds. The van der Waals surface area contributed by atoms with Crippen LogP contribution in [-0.4, -0.2) is 44.3 Å². The lowest BCUT2D eigenvalue weighted by Gasteiger charge is -2.42. The van der Waals surface area contributed by atoms with Crippen LogP contribution in [0.2, 0.25) is 0 Å². The molecular weight excluding hydrogens is 356 g/mol. The van der Waals surface area contributed by atoms with Crippen LogP contribution in [0.25, 0.3) is 10.2 Å². The van der Waals surface area contributed by atoms with Gasteiger partial charge in [-0.15, -0.1) is 11.3 Å². The number of amides is 2. The molecule has 1 atom stereocenters. The number of carbonyl (C=O) groups is 3. The van der Waals surface area contributed by atoms with Gasteiger partial charge in [-0.25, -0.2) is 0 Å². The minimum atomic E-state index is -0.934. The number of carbonyl (C=O) groups excluding carboxylic acids is 2. The summed E-state index contributed by atoms with van der Waals surface area (Å²) < 4.78 is 1.73. The normalized spacial score (nSPS) is 16.7. The molecule has 1 aliphatic rings. The highest BCUT2D eigenvalue weighted by molar-refractivity contribution is 7.20. The van der Waals surface area contributed by atoms with Crippen LogP contribution in [0.15, 0.2) is 6.07 Å². The number of aryl methyl sites for hydroxylation is 2. The number of fused-ring (bicyclic) bond motifs is 1. The van der Waals surface area contributed by atoms with Gasteiger partial charge in [0.15, 0.2) is 0 Å². The lowest BCUT2D eigenvalue weighted by atomic mass is 9.74. The quantitative estimate of drug-likeness (QED) is 0.706. The highest BCUT2D eigenvalue weighted by Gasteiger charge is 2.41. The third-order valence-corrected chi connectivity index (χ3v) is 6.05. The third kappa shape index (κ3) is 3.44. The summed E-state index contributed by atoms with van der Waals surface area (Å²) in [5, 5.41) is 19.8. The van der Waals surface area contributed by atoms with Gasteiger partial charge in [-0.1, -0.05) is 0 Å². The van der Waals surface area contributed by atoms with Gasteiger partial charge in [0, 0.05) is 12.4 Å². The largest absolute Gasteiger partial charge is 0.481 e. The van der Waals surface area contributed by atoms with Crippen molar-refractivity contribution in [3.8, 4) is 0 Å². The highest BCUT2D eigenvalue weighted by Crippen LogP contribution is 2.35. The van der Waals surface area contributed by atoms with Gasteiger partial charge >= 0.3 is 5.97 Å². The van der Waals surface area contributed by atoms with E-state index in [2.05, 4.69) is 15.7 Å². The van der Waals surface area contributed by atoms with Gasteiger partial charge in [0.05, 0.1) is 22.5 Å². The molecule has 1 unspecified atom stereocenters. The first-order valence-electron chi connectivity index (χ1n) is 8.48. The van der Waals surface area contributed by atoms with Crippen LogP contribution in [0.1, 0.15) is 48.0 Å². The van der Waals surface area contributed by atoms with Crippen molar-refractivity contribution in [2.45, 2.75) is 51.1 Å². The lowest BCUT2D eigenvalue weighted by Crippen LogP contribution is -2.58. The van der Waals surface area contributed by atoms with Crippen molar-refractivity contribution >= 4 is 39.3 Å².